The molecule has 11 rings (SSSR count). The van der Waals surface area contributed by atoms with Gasteiger partial charge in [-0.25, -0.2) is 19.2 Å². The maximum atomic E-state index is 9.62. The van der Waals surface area contributed by atoms with Gasteiger partial charge in [-0.05, 0) is 118 Å². The molecule has 0 heterocycles. The van der Waals surface area contributed by atoms with Crippen LogP contribution in [0.4, 0.5) is 53.3 Å². The van der Waals surface area contributed by atoms with E-state index in [1.807, 2.05) is 54.6 Å². The number of rotatable bonds is 8. The SMILES string of the molecule is Clc1ccc2ccc(Cl)c3c4c(Cl)c(-c5ccc(N(c6ccccc6)c6ccccc6)cc5)c(-c5ccc(N(c6ccccc6)c6ccccc6)cc5)c5ccc(Cl)c(c1c23)c54.NC(=O)NC(N)=O.NC(=O)NC(N)=O. The molecule has 12 nitrogen and oxygen atoms in total. The molecular weight excluding hydrogens is 1040 g/mol. The van der Waals surface area contributed by atoms with Crippen LogP contribution >= 0.6 is 46.4 Å². The molecule has 0 radical (unpaired) electrons. The fraction of sp³-hybridized carbons (Fsp3) is 0. The Labute approximate surface area is 456 Å². The Morgan fingerprint density at radius 1 is 0.316 bits per heavy atom. The van der Waals surface area contributed by atoms with E-state index >= 15 is 0 Å². The fourth-order valence-electron chi connectivity index (χ4n) is 9.43. The summed E-state index contributed by atoms with van der Waals surface area (Å²) in [6.07, 6.45) is 0. The van der Waals surface area contributed by atoms with Crippen LogP contribution in [0.2, 0.25) is 20.1 Å². The molecule has 0 aliphatic heterocycles. The molecule has 376 valence electrons. The Bertz CT molecular complexity index is 3800. The Balaban J connectivity index is 0.000000447. The third kappa shape index (κ3) is 10.7. The molecule has 76 heavy (non-hydrogen) atoms. The Kier molecular flexibility index (Phi) is 15.4. The van der Waals surface area contributed by atoms with E-state index < -0.39 is 24.1 Å². The van der Waals surface area contributed by atoms with Crippen LogP contribution in [-0.4, -0.2) is 24.1 Å². The summed E-state index contributed by atoms with van der Waals surface area (Å²) in [4.78, 5) is 43.0. The lowest BCUT2D eigenvalue weighted by Crippen LogP contribution is -2.38. The fourth-order valence-corrected chi connectivity index (χ4v) is 10.6. The number of nitrogens with zero attached hydrogens (tertiary/aromatic N) is 2. The second-order valence-electron chi connectivity index (χ2n) is 17.0. The number of amides is 8. The van der Waals surface area contributed by atoms with Crippen molar-refractivity contribution in [2.24, 2.45) is 22.9 Å². The van der Waals surface area contributed by atoms with Crippen molar-refractivity contribution in [1.29, 1.82) is 0 Å². The van der Waals surface area contributed by atoms with Crippen LogP contribution in [0.3, 0.4) is 0 Å². The molecule has 0 aromatic heterocycles. The van der Waals surface area contributed by atoms with Gasteiger partial charge in [0.2, 0.25) is 0 Å². The smallest absolute Gasteiger partial charge is 0.320 e. The Morgan fingerprint density at radius 3 is 0.961 bits per heavy atom. The first-order chi connectivity index (χ1) is 36.7. The van der Waals surface area contributed by atoms with E-state index in [0.29, 0.717) is 20.1 Å². The summed E-state index contributed by atoms with van der Waals surface area (Å²) < 4.78 is 0. The van der Waals surface area contributed by atoms with Crippen LogP contribution in [0.1, 0.15) is 0 Å². The number of nitrogens with one attached hydrogen (secondary N) is 2. The Hall–Kier alpha value is -9.04. The number of primary amides is 4. The van der Waals surface area contributed by atoms with Crippen LogP contribution in [0.5, 0.6) is 0 Å². The molecule has 8 amide bonds. The summed E-state index contributed by atoms with van der Waals surface area (Å²) in [5.74, 6) is 0. The molecule has 0 spiro atoms. The minimum Gasteiger partial charge on any atom is -0.351 e. The number of fused-ring (bicyclic) bond motifs is 2. The molecule has 0 aliphatic rings. The first-order valence-corrected chi connectivity index (χ1v) is 24.8. The highest BCUT2D eigenvalue weighted by atomic mass is 35.5. The quantitative estimate of drug-likeness (QED) is 0.0645. The summed E-state index contributed by atoms with van der Waals surface area (Å²) in [6, 6.07) is 67.4. The number of anilines is 6. The average Bonchev–Trinajstić information content (AvgIpc) is 3.42. The van der Waals surface area contributed by atoms with Crippen molar-refractivity contribution in [3.63, 3.8) is 0 Å². The highest BCUT2D eigenvalue weighted by molar-refractivity contribution is 6.54. The van der Waals surface area contributed by atoms with Crippen LogP contribution < -0.4 is 43.4 Å². The van der Waals surface area contributed by atoms with E-state index in [4.69, 9.17) is 46.4 Å². The van der Waals surface area contributed by atoms with Gasteiger partial charge in [0, 0.05) is 87.1 Å². The number of carbonyl (C=O) groups is 4. The zero-order valence-electron chi connectivity index (χ0n) is 40.0. The number of imide groups is 2. The van der Waals surface area contributed by atoms with Gasteiger partial charge in [-0.3, -0.25) is 10.6 Å². The molecule has 10 N–H and O–H groups in total. The molecule has 0 bridgehead atoms. The van der Waals surface area contributed by atoms with Crippen molar-refractivity contribution in [2.45, 2.75) is 0 Å². The van der Waals surface area contributed by atoms with Gasteiger partial charge in [-0.15, -0.1) is 0 Å². The van der Waals surface area contributed by atoms with E-state index in [0.717, 1.165) is 99.5 Å². The van der Waals surface area contributed by atoms with Gasteiger partial charge in [-0.1, -0.05) is 162 Å². The lowest BCUT2D eigenvalue weighted by atomic mass is 9.83. The van der Waals surface area contributed by atoms with Gasteiger partial charge in [0.25, 0.3) is 0 Å². The second-order valence-corrected chi connectivity index (χ2v) is 18.6. The normalized spacial score (nSPS) is 10.8. The minimum absolute atomic E-state index is 0.589. The van der Waals surface area contributed by atoms with Gasteiger partial charge >= 0.3 is 24.1 Å². The molecule has 0 fully saturated rings. The van der Waals surface area contributed by atoms with Crippen molar-refractivity contribution in [3.05, 3.63) is 226 Å². The second kappa shape index (κ2) is 22.6. The lowest BCUT2D eigenvalue weighted by Gasteiger charge is -2.27. The summed E-state index contributed by atoms with van der Waals surface area (Å²) in [6.45, 7) is 0. The standard InChI is InChI=1S/C56H34Cl4N2.2C2H5N3O2/c57-45-32-25-36-26-33-46(58)53-49(36)52(45)54-47(59)34-31-44-48(35-21-27-42(28-22-35)61(38-13-5-1-6-14-38)39-15-7-2-8-16-39)50(56(60)55(53)51(44)54)37-23-29-43(30-24-37)62(40-17-9-3-10-18-40)41-19-11-4-12-20-41;2*3-1(6)5-2(4)7/h1-34H;2*(H5,3,4,5,6,7). The summed E-state index contributed by atoms with van der Waals surface area (Å²) in [5.41, 5.74) is 27.9. The number of hydrogen-bond donors (Lipinski definition) is 6. The number of urea groups is 4. The van der Waals surface area contributed by atoms with Crippen LogP contribution in [0.25, 0.3) is 65.3 Å². The summed E-state index contributed by atoms with van der Waals surface area (Å²) >= 11 is 29.6. The molecule has 0 aliphatic carbocycles. The number of carbonyl (C=O) groups excluding carboxylic acids is 4. The highest BCUT2D eigenvalue weighted by Crippen LogP contribution is 2.55. The first-order valence-electron chi connectivity index (χ1n) is 23.3. The largest absolute Gasteiger partial charge is 0.351 e. The molecular formula is C60H44Cl4N8O4. The predicted molar refractivity (Wildman–Crippen MR) is 313 cm³/mol. The summed E-state index contributed by atoms with van der Waals surface area (Å²) in [5, 5.41) is 12.8. The highest BCUT2D eigenvalue weighted by Gasteiger charge is 2.27. The average molecular weight is 1080 g/mol. The first kappa shape index (κ1) is 51.8. The van der Waals surface area contributed by atoms with Crippen LogP contribution in [0, 0.1) is 0 Å². The summed E-state index contributed by atoms with van der Waals surface area (Å²) in [7, 11) is 0. The lowest BCUT2D eigenvalue weighted by molar-refractivity contribution is 0.235. The van der Waals surface area contributed by atoms with Crippen molar-refractivity contribution < 1.29 is 19.2 Å². The zero-order valence-corrected chi connectivity index (χ0v) is 43.0. The van der Waals surface area contributed by atoms with Crippen molar-refractivity contribution in [1.82, 2.24) is 10.6 Å². The van der Waals surface area contributed by atoms with E-state index in [2.05, 4.69) is 184 Å². The van der Waals surface area contributed by atoms with E-state index in [-0.39, 0.29) is 0 Å². The van der Waals surface area contributed by atoms with Crippen LogP contribution in [0.15, 0.2) is 206 Å². The van der Waals surface area contributed by atoms with Crippen LogP contribution in [-0.2, 0) is 0 Å². The molecule has 0 atom stereocenters. The maximum absolute atomic E-state index is 9.62. The zero-order chi connectivity index (χ0) is 53.6. The molecule has 11 aromatic carbocycles. The van der Waals surface area contributed by atoms with E-state index in [1.165, 1.54) is 0 Å². The molecule has 0 saturated heterocycles. The van der Waals surface area contributed by atoms with Crippen molar-refractivity contribution >= 4 is 148 Å². The molecule has 0 unspecified atom stereocenters. The monoisotopic (exact) mass is 1080 g/mol. The number of benzene rings is 11. The Morgan fingerprint density at radius 2 is 0.618 bits per heavy atom. The maximum Gasteiger partial charge on any atom is 0.320 e. The van der Waals surface area contributed by atoms with Gasteiger partial charge in [-0.2, -0.15) is 0 Å². The van der Waals surface area contributed by atoms with Gasteiger partial charge in [0.15, 0.2) is 0 Å². The third-order valence-corrected chi connectivity index (χ3v) is 13.6. The molecule has 11 aromatic rings. The number of hydrogen-bond acceptors (Lipinski definition) is 6. The van der Waals surface area contributed by atoms with E-state index in [1.54, 1.807) is 10.6 Å². The number of para-hydroxylation sites is 4. The van der Waals surface area contributed by atoms with E-state index in [9.17, 15) is 19.2 Å². The van der Waals surface area contributed by atoms with Gasteiger partial charge in [0.05, 0.1) is 5.02 Å². The molecule has 0 saturated carbocycles. The van der Waals surface area contributed by atoms with Gasteiger partial charge in [0.1, 0.15) is 0 Å². The molecule has 16 heteroatoms. The third-order valence-electron chi connectivity index (χ3n) is 12.3. The van der Waals surface area contributed by atoms with Crippen molar-refractivity contribution in [3.8, 4) is 22.3 Å². The van der Waals surface area contributed by atoms with Gasteiger partial charge < -0.3 is 32.7 Å². The van der Waals surface area contributed by atoms with Crippen molar-refractivity contribution in [2.75, 3.05) is 9.80 Å². The number of nitrogens with two attached hydrogens (primary N) is 4. The minimum atomic E-state index is -0.938. The number of halogens is 4. The predicted octanol–water partition coefficient (Wildman–Crippen LogP) is 16.1. The topological polar surface area (TPSA) is 203 Å².